The Morgan fingerprint density at radius 1 is 0.435 bits per heavy atom. The highest BCUT2D eigenvalue weighted by Gasteiger charge is 2.41. The van der Waals surface area contributed by atoms with Gasteiger partial charge in [0.15, 0.2) is 0 Å². The Balaban J connectivity index is 1.40. The standard InChI is InChI=1S/C40H32N2O4/c1-39(2)33-11-7-5-9-31(33)35(25-17-21-29(22-18-25)41(43)44)37(39)27-13-15-28(16-14-27)38-36(26-19-23-30(24-20-26)42(45)46)32-10-6-8-12-34(32)40(38,3)4/h5-24H,1-4H3. The summed E-state index contributed by atoms with van der Waals surface area (Å²) in [5.41, 5.74) is 12.8. The zero-order valence-electron chi connectivity index (χ0n) is 26.1. The van der Waals surface area contributed by atoms with Crippen LogP contribution in [0.5, 0.6) is 0 Å². The van der Waals surface area contributed by atoms with E-state index in [1.54, 1.807) is 24.3 Å². The number of non-ortho nitro benzene ring substituents is 2. The first-order valence-electron chi connectivity index (χ1n) is 15.3. The van der Waals surface area contributed by atoms with Crippen molar-refractivity contribution in [3.8, 4) is 0 Å². The lowest BCUT2D eigenvalue weighted by Crippen LogP contribution is -2.17. The number of fused-ring (bicyclic) bond motifs is 2. The number of nitro benzene ring substituents is 2. The Hall–Kier alpha value is -5.62. The largest absolute Gasteiger partial charge is 0.269 e. The molecule has 226 valence electrons. The minimum atomic E-state index is -0.368. The van der Waals surface area contributed by atoms with E-state index in [1.807, 2.05) is 36.4 Å². The minimum Gasteiger partial charge on any atom is -0.258 e. The molecule has 0 saturated heterocycles. The number of rotatable bonds is 6. The molecule has 0 radical (unpaired) electrons. The maximum absolute atomic E-state index is 11.4. The second-order valence-electron chi connectivity index (χ2n) is 13.0. The molecule has 0 bridgehead atoms. The maximum Gasteiger partial charge on any atom is 0.269 e. The van der Waals surface area contributed by atoms with Crippen LogP contribution in [0.4, 0.5) is 11.4 Å². The normalized spacial score (nSPS) is 15.9. The quantitative estimate of drug-likeness (QED) is 0.143. The zero-order chi connectivity index (χ0) is 32.4. The first kappa shape index (κ1) is 29.1. The van der Waals surface area contributed by atoms with E-state index < -0.39 is 0 Å². The summed E-state index contributed by atoms with van der Waals surface area (Å²) in [6.07, 6.45) is 0. The van der Waals surface area contributed by atoms with Crippen LogP contribution in [0, 0.1) is 20.2 Å². The van der Waals surface area contributed by atoms with Crippen molar-refractivity contribution < 1.29 is 9.85 Å². The molecule has 2 aliphatic carbocycles. The molecule has 7 rings (SSSR count). The minimum absolute atomic E-state index is 0.0677. The molecule has 0 unspecified atom stereocenters. The van der Waals surface area contributed by atoms with Crippen LogP contribution in [0.1, 0.15) is 72.2 Å². The van der Waals surface area contributed by atoms with Gasteiger partial charge in [0.25, 0.3) is 11.4 Å². The predicted molar refractivity (Wildman–Crippen MR) is 183 cm³/mol. The average molecular weight is 605 g/mol. The summed E-state index contributed by atoms with van der Waals surface area (Å²) in [6, 6.07) is 39.2. The molecule has 6 heteroatoms. The Morgan fingerprint density at radius 3 is 1.07 bits per heavy atom. The molecular weight excluding hydrogens is 572 g/mol. The summed E-state index contributed by atoms with van der Waals surface area (Å²) in [6.45, 7) is 8.94. The van der Waals surface area contributed by atoms with Gasteiger partial charge in [-0.1, -0.05) is 100 Å². The molecule has 0 fully saturated rings. The van der Waals surface area contributed by atoms with Crippen LogP contribution >= 0.6 is 0 Å². The van der Waals surface area contributed by atoms with Gasteiger partial charge in [-0.25, -0.2) is 0 Å². The van der Waals surface area contributed by atoms with Crippen molar-refractivity contribution in [2.45, 2.75) is 38.5 Å². The van der Waals surface area contributed by atoms with Gasteiger partial charge in [-0.15, -0.1) is 0 Å². The first-order valence-corrected chi connectivity index (χ1v) is 15.3. The first-order chi connectivity index (χ1) is 22.0. The average Bonchev–Trinajstić information content (AvgIpc) is 3.44. The fourth-order valence-corrected chi connectivity index (χ4v) is 7.57. The smallest absolute Gasteiger partial charge is 0.258 e. The number of benzene rings is 5. The summed E-state index contributed by atoms with van der Waals surface area (Å²) < 4.78 is 0. The fraction of sp³-hybridized carbons (Fsp3) is 0.150. The van der Waals surface area contributed by atoms with Crippen LogP contribution in [-0.4, -0.2) is 9.85 Å². The van der Waals surface area contributed by atoms with E-state index in [0.717, 1.165) is 44.5 Å². The number of hydrogen-bond donors (Lipinski definition) is 0. The molecular formula is C40H32N2O4. The highest BCUT2D eigenvalue weighted by atomic mass is 16.6. The Labute approximate surface area is 267 Å². The van der Waals surface area contributed by atoms with E-state index in [-0.39, 0.29) is 32.1 Å². The lowest BCUT2D eigenvalue weighted by molar-refractivity contribution is -0.385. The van der Waals surface area contributed by atoms with Gasteiger partial charge in [0.1, 0.15) is 0 Å². The SMILES string of the molecule is CC1(C)C(c2ccc(C3=C(c4ccc([N+](=O)[O-])cc4)c4ccccc4C3(C)C)cc2)=C(c2ccc([N+](=O)[O-])cc2)c2ccccc21. The van der Waals surface area contributed by atoms with Crippen molar-refractivity contribution in [2.75, 3.05) is 0 Å². The lowest BCUT2D eigenvalue weighted by atomic mass is 9.76. The molecule has 5 aromatic carbocycles. The third-order valence-corrected chi connectivity index (χ3v) is 9.69. The van der Waals surface area contributed by atoms with E-state index in [4.69, 9.17) is 0 Å². The van der Waals surface area contributed by atoms with Crippen LogP contribution in [-0.2, 0) is 10.8 Å². The van der Waals surface area contributed by atoms with Crippen LogP contribution < -0.4 is 0 Å². The van der Waals surface area contributed by atoms with Crippen molar-refractivity contribution in [1.29, 1.82) is 0 Å². The number of nitrogens with zero attached hydrogens (tertiary/aromatic N) is 2. The molecule has 0 heterocycles. The molecule has 0 aromatic heterocycles. The molecule has 5 aromatic rings. The van der Waals surface area contributed by atoms with Crippen LogP contribution in [0.2, 0.25) is 0 Å². The Kier molecular flexibility index (Phi) is 6.64. The third-order valence-electron chi connectivity index (χ3n) is 9.69. The second-order valence-corrected chi connectivity index (χ2v) is 13.0. The van der Waals surface area contributed by atoms with Gasteiger partial charge in [0.2, 0.25) is 0 Å². The van der Waals surface area contributed by atoms with Gasteiger partial charge in [-0.2, -0.15) is 0 Å². The third kappa shape index (κ3) is 4.40. The van der Waals surface area contributed by atoms with Gasteiger partial charge < -0.3 is 0 Å². The molecule has 0 amide bonds. The maximum atomic E-state index is 11.4. The molecule has 0 saturated carbocycles. The van der Waals surface area contributed by atoms with Crippen molar-refractivity contribution in [3.05, 3.63) is 186 Å². The highest BCUT2D eigenvalue weighted by Crippen LogP contribution is 2.55. The van der Waals surface area contributed by atoms with Gasteiger partial charge in [-0.3, -0.25) is 20.2 Å². The van der Waals surface area contributed by atoms with Crippen molar-refractivity contribution in [2.24, 2.45) is 0 Å². The van der Waals surface area contributed by atoms with Crippen LogP contribution in [0.15, 0.2) is 121 Å². The summed E-state index contributed by atoms with van der Waals surface area (Å²) in [4.78, 5) is 22.1. The second kappa shape index (κ2) is 10.5. The van der Waals surface area contributed by atoms with E-state index in [9.17, 15) is 20.2 Å². The lowest BCUT2D eigenvalue weighted by Gasteiger charge is -2.27. The molecule has 46 heavy (non-hydrogen) atoms. The monoisotopic (exact) mass is 604 g/mol. The van der Waals surface area contributed by atoms with Gasteiger partial charge in [-0.05, 0) is 91.1 Å². The number of hydrogen-bond acceptors (Lipinski definition) is 4. The molecule has 0 aliphatic heterocycles. The Morgan fingerprint density at radius 2 is 0.739 bits per heavy atom. The Bertz CT molecular complexity index is 1960. The molecule has 0 atom stereocenters. The summed E-state index contributed by atoms with van der Waals surface area (Å²) in [5.74, 6) is 0. The van der Waals surface area contributed by atoms with E-state index in [1.165, 1.54) is 22.3 Å². The van der Waals surface area contributed by atoms with E-state index in [0.29, 0.717) is 0 Å². The van der Waals surface area contributed by atoms with Gasteiger partial charge >= 0.3 is 0 Å². The fourth-order valence-electron chi connectivity index (χ4n) is 7.57. The molecule has 0 N–H and O–H groups in total. The molecule has 2 aliphatic rings. The van der Waals surface area contributed by atoms with E-state index in [2.05, 4.69) is 88.4 Å². The summed E-state index contributed by atoms with van der Waals surface area (Å²) in [5, 5.41) is 22.8. The van der Waals surface area contributed by atoms with Gasteiger partial charge in [0.05, 0.1) is 9.85 Å². The number of nitro groups is 2. The van der Waals surface area contributed by atoms with Crippen molar-refractivity contribution in [1.82, 2.24) is 0 Å². The predicted octanol–water partition coefficient (Wildman–Crippen LogP) is 10.0. The summed E-state index contributed by atoms with van der Waals surface area (Å²) >= 11 is 0. The topological polar surface area (TPSA) is 86.3 Å². The highest BCUT2D eigenvalue weighted by molar-refractivity contribution is 6.09. The van der Waals surface area contributed by atoms with Crippen molar-refractivity contribution >= 4 is 33.7 Å². The molecule has 6 nitrogen and oxygen atoms in total. The molecule has 0 spiro atoms. The van der Waals surface area contributed by atoms with Crippen LogP contribution in [0.25, 0.3) is 22.3 Å². The van der Waals surface area contributed by atoms with Crippen molar-refractivity contribution in [3.63, 3.8) is 0 Å². The summed E-state index contributed by atoms with van der Waals surface area (Å²) in [7, 11) is 0. The van der Waals surface area contributed by atoms with E-state index >= 15 is 0 Å². The van der Waals surface area contributed by atoms with Gasteiger partial charge in [0, 0.05) is 35.1 Å². The number of allylic oxidation sites excluding steroid dienone is 2. The van der Waals surface area contributed by atoms with Crippen LogP contribution in [0.3, 0.4) is 0 Å². The zero-order valence-corrected chi connectivity index (χ0v) is 26.1.